The van der Waals surface area contributed by atoms with E-state index in [4.69, 9.17) is 0 Å². The van der Waals surface area contributed by atoms with Crippen LogP contribution in [-0.4, -0.2) is 5.11 Å². The van der Waals surface area contributed by atoms with E-state index >= 15 is 0 Å². The van der Waals surface area contributed by atoms with Crippen LogP contribution in [0.2, 0.25) is 0 Å². The third-order valence-corrected chi connectivity index (χ3v) is 3.31. The van der Waals surface area contributed by atoms with E-state index in [0.717, 1.165) is 22.3 Å². The lowest BCUT2D eigenvalue weighted by Gasteiger charge is -2.25. The van der Waals surface area contributed by atoms with E-state index in [1.165, 1.54) is 12.1 Å². The van der Waals surface area contributed by atoms with Gasteiger partial charge < -0.3 is 5.11 Å². The van der Waals surface area contributed by atoms with E-state index in [9.17, 15) is 9.50 Å². The molecule has 2 aromatic carbocycles. The molecule has 0 heterocycles. The molecular weight excluding hydrogens is 239 g/mol. The molecule has 0 aliphatic heterocycles. The number of hydrogen-bond acceptors (Lipinski definition) is 1. The zero-order valence-corrected chi connectivity index (χ0v) is 11.6. The van der Waals surface area contributed by atoms with Crippen LogP contribution in [0, 0.1) is 19.7 Å². The summed E-state index contributed by atoms with van der Waals surface area (Å²) in [5, 5.41) is 10.7. The van der Waals surface area contributed by atoms with Gasteiger partial charge >= 0.3 is 0 Å². The van der Waals surface area contributed by atoms with Gasteiger partial charge in [-0.15, -0.1) is 0 Å². The average Bonchev–Trinajstić information content (AvgIpc) is 2.31. The lowest BCUT2D eigenvalue weighted by atomic mass is 9.87. The van der Waals surface area contributed by atoms with E-state index in [-0.39, 0.29) is 5.82 Å². The second-order valence-corrected chi connectivity index (χ2v) is 5.45. The van der Waals surface area contributed by atoms with Gasteiger partial charge in [-0.25, -0.2) is 4.39 Å². The van der Waals surface area contributed by atoms with E-state index < -0.39 is 5.60 Å². The summed E-state index contributed by atoms with van der Waals surface area (Å²) in [5.41, 5.74) is 3.14. The van der Waals surface area contributed by atoms with Gasteiger partial charge in [0, 0.05) is 6.42 Å². The van der Waals surface area contributed by atoms with E-state index in [1.54, 1.807) is 19.1 Å². The molecule has 0 aliphatic rings. The lowest BCUT2D eigenvalue weighted by Crippen LogP contribution is -2.24. The molecule has 0 saturated carbocycles. The Morgan fingerprint density at radius 2 is 1.53 bits per heavy atom. The summed E-state index contributed by atoms with van der Waals surface area (Å²) >= 11 is 0. The van der Waals surface area contributed by atoms with Crippen LogP contribution in [0.25, 0.3) is 0 Å². The molecule has 0 radical (unpaired) electrons. The van der Waals surface area contributed by atoms with E-state index in [2.05, 4.69) is 6.07 Å². The highest BCUT2D eigenvalue weighted by molar-refractivity contribution is 5.33. The predicted molar refractivity (Wildman–Crippen MR) is 75.6 cm³/mol. The van der Waals surface area contributed by atoms with Gasteiger partial charge in [0.2, 0.25) is 0 Å². The van der Waals surface area contributed by atoms with Gasteiger partial charge in [-0.1, -0.05) is 41.5 Å². The Morgan fingerprint density at radius 1 is 1.00 bits per heavy atom. The van der Waals surface area contributed by atoms with Crippen LogP contribution in [-0.2, 0) is 12.0 Å². The van der Waals surface area contributed by atoms with Gasteiger partial charge in [-0.2, -0.15) is 0 Å². The molecule has 0 aromatic heterocycles. The summed E-state index contributed by atoms with van der Waals surface area (Å²) in [5.74, 6) is -0.255. The molecule has 0 spiro atoms. The zero-order chi connectivity index (χ0) is 14.0. The van der Waals surface area contributed by atoms with Crippen LogP contribution in [0.4, 0.5) is 4.39 Å². The highest BCUT2D eigenvalue weighted by Gasteiger charge is 2.24. The first-order chi connectivity index (χ1) is 8.87. The first-order valence-electron chi connectivity index (χ1n) is 6.42. The molecule has 0 aliphatic carbocycles. The summed E-state index contributed by atoms with van der Waals surface area (Å²) in [6.45, 7) is 5.83. The Balaban J connectivity index is 2.28. The summed E-state index contributed by atoms with van der Waals surface area (Å²) < 4.78 is 12.9. The average molecular weight is 258 g/mol. The van der Waals surface area contributed by atoms with Crippen molar-refractivity contribution in [3.05, 3.63) is 70.5 Å². The smallest absolute Gasteiger partial charge is 0.123 e. The van der Waals surface area contributed by atoms with Crippen molar-refractivity contribution in [2.75, 3.05) is 0 Å². The van der Waals surface area contributed by atoms with Gasteiger partial charge in [0.05, 0.1) is 5.60 Å². The fraction of sp³-hybridized carbons (Fsp3) is 0.294. The molecule has 0 saturated heterocycles. The quantitative estimate of drug-likeness (QED) is 0.885. The second kappa shape index (κ2) is 5.14. The number of rotatable bonds is 3. The van der Waals surface area contributed by atoms with Crippen LogP contribution in [0.15, 0.2) is 42.5 Å². The van der Waals surface area contributed by atoms with Crippen LogP contribution in [0.5, 0.6) is 0 Å². The van der Waals surface area contributed by atoms with Crippen LogP contribution in [0.1, 0.15) is 29.2 Å². The van der Waals surface area contributed by atoms with Crippen LogP contribution >= 0.6 is 0 Å². The Bertz CT molecular complexity index is 550. The minimum absolute atomic E-state index is 0.255. The number of benzene rings is 2. The van der Waals surface area contributed by atoms with Crippen molar-refractivity contribution in [1.82, 2.24) is 0 Å². The molecule has 2 heteroatoms. The lowest BCUT2D eigenvalue weighted by molar-refractivity contribution is 0.0575. The standard InChI is InChI=1S/C17H19FO/c1-12-8-13(2)10-15(9-12)17(3,19)11-14-4-6-16(18)7-5-14/h4-10,19H,11H2,1-3H3. The molecular formula is C17H19FO. The molecule has 19 heavy (non-hydrogen) atoms. The fourth-order valence-electron chi connectivity index (χ4n) is 2.39. The third-order valence-electron chi connectivity index (χ3n) is 3.31. The normalized spacial score (nSPS) is 14.2. The predicted octanol–water partition coefficient (Wildman–Crippen LogP) is 3.89. The van der Waals surface area contributed by atoms with Crippen molar-refractivity contribution < 1.29 is 9.50 Å². The Labute approximate surface area is 113 Å². The highest BCUT2D eigenvalue weighted by atomic mass is 19.1. The maximum Gasteiger partial charge on any atom is 0.123 e. The molecule has 0 bridgehead atoms. The molecule has 1 nitrogen and oxygen atoms in total. The highest BCUT2D eigenvalue weighted by Crippen LogP contribution is 2.27. The molecule has 2 rings (SSSR count). The molecule has 1 N–H and O–H groups in total. The van der Waals surface area contributed by atoms with Gasteiger partial charge in [0.25, 0.3) is 0 Å². The van der Waals surface area contributed by atoms with Crippen molar-refractivity contribution in [3.63, 3.8) is 0 Å². The molecule has 1 atom stereocenters. The molecule has 0 fully saturated rings. The van der Waals surface area contributed by atoms with Crippen molar-refractivity contribution >= 4 is 0 Å². The van der Waals surface area contributed by atoms with E-state index in [0.29, 0.717) is 6.42 Å². The maximum atomic E-state index is 12.9. The maximum absolute atomic E-state index is 12.9. The monoisotopic (exact) mass is 258 g/mol. The van der Waals surface area contributed by atoms with Crippen molar-refractivity contribution in [1.29, 1.82) is 0 Å². The third kappa shape index (κ3) is 3.42. The van der Waals surface area contributed by atoms with Crippen LogP contribution in [0.3, 0.4) is 0 Å². The van der Waals surface area contributed by atoms with Crippen LogP contribution < -0.4 is 0 Å². The van der Waals surface area contributed by atoms with Crippen molar-refractivity contribution in [2.24, 2.45) is 0 Å². The minimum Gasteiger partial charge on any atom is -0.385 e. The second-order valence-electron chi connectivity index (χ2n) is 5.45. The number of halogens is 1. The Morgan fingerprint density at radius 3 is 2.05 bits per heavy atom. The first-order valence-corrected chi connectivity index (χ1v) is 6.42. The Kier molecular flexibility index (Phi) is 3.72. The van der Waals surface area contributed by atoms with Gasteiger partial charge in [-0.05, 0) is 44.0 Å². The van der Waals surface area contributed by atoms with Gasteiger partial charge in [0.15, 0.2) is 0 Å². The molecule has 1 unspecified atom stereocenters. The SMILES string of the molecule is Cc1cc(C)cc(C(C)(O)Cc2ccc(F)cc2)c1. The molecule has 100 valence electrons. The van der Waals surface area contributed by atoms with Gasteiger partial charge in [0.1, 0.15) is 5.82 Å². The van der Waals surface area contributed by atoms with Crippen molar-refractivity contribution in [3.8, 4) is 0 Å². The number of aryl methyl sites for hydroxylation is 2. The number of aliphatic hydroxyl groups is 1. The number of hydrogen-bond donors (Lipinski definition) is 1. The molecule has 0 amide bonds. The Hall–Kier alpha value is -1.67. The largest absolute Gasteiger partial charge is 0.385 e. The molecule has 2 aromatic rings. The summed E-state index contributed by atoms with van der Waals surface area (Å²) in [4.78, 5) is 0. The fourth-order valence-corrected chi connectivity index (χ4v) is 2.39. The van der Waals surface area contributed by atoms with E-state index in [1.807, 2.05) is 26.0 Å². The van der Waals surface area contributed by atoms with Crippen molar-refractivity contribution in [2.45, 2.75) is 32.8 Å². The topological polar surface area (TPSA) is 20.2 Å². The summed E-state index contributed by atoms with van der Waals surface area (Å²) in [6.07, 6.45) is 0.468. The summed E-state index contributed by atoms with van der Waals surface area (Å²) in [7, 11) is 0. The first kappa shape index (κ1) is 13.8. The van der Waals surface area contributed by atoms with Gasteiger partial charge in [-0.3, -0.25) is 0 Å². The summed E-state index contributed by atoms with van der Waals surface area (Å²) in [6, 6.07) is 12.4. The zero-order valence-electron chi connectivity index (χ0n) is 11.6. The minimum atomic E-state index is -0.950.